The van der Waals surface area contributed by atoms with Crippen LogP contribution in [0.5, 0.6) is 0 Å². The monoisotopic (exact) mass is 115 g/mol. The van der Waals surface area contributed by atoms with E-state index in [1.54, 1.807) is 7.11 Å². The molecule has 0 spiro atoms. The van der Waals surface area contributed by atoms with Gasteiger partial charge in [0.2, 0.25) is 5.90 Å². The molecule has 46 valence electrons. The number of aliphatic imine (C=N–C) groups is 1. The van der Waals surface area contributed by atoms with Crippen molar-refractivity contribution in [3.05, 3.63) is 0 Å². The minimum absolute atomic E-state index is 0.538. The lowest BCUT2D eigenvalue weighted by molar-refractivity contribution is 0.150. The summed E-state index contributed by atoms with van der Waals surface area (Å²) in [5.74, 6) is 0.705. The third-order valence-electron chi connectivity index (χ3n) is 0.985. The second-order valence-electron chi connectivity index (χ2n) is 1.53. The van der Waals surface area contributed by atoms with E-state index in [1.807, 2.05) is 0 Å². The Morgan fingerprint density at radius 3 is 3.00 bits per heavy atom. The molecule has 0 fully saturated rings. The molecule has 0 aromatic heterocycles. The highest BCUT2D eigenvalue weighted by atomic mass is 16.5. The van der Waals surface area contributed by atoms with E-state index in [0.29, 0.717) is 12.5 Å². The van der Waals surface area contributed by atoms with Crippen LogP contribution in [0.4, 0.5) is 0 Å². The topological polar surface area (TPSA) is 30.8 Å². The summed E-state index contributed by atoms with van der Waals surface area (Å²) < 4.78 is 9.83. The Labute approximate surface area is 48.3 Å². The standard InChI is InChI=1S/C5H9NO2/c1-7-5-4-8-3-2-6-5/h2-4H2,1H3. The van der Waals surface area contributed by atoms with Crippen molar-refractivity contribution in [1.29, 1.82) is 0 Å². The first-order valence-electron chi connectivity index (χ1n) is 2.58. The average molecular weight is 115 g/mol. The van der Waals surface area contributed by atoms with Crippen LogP contribution in [0, 0.1) is 0 Å². The summed E-state index contributed by atoms with van der Waals surface area (Å²) in [6, 6.07) is 0. The predicted molar refractivity (Wildman–Crippen MR) is 30.1 cm³/mol. The Hall–Kier alpha value is -0.570. The largest absolute Gasteiger partial charge is 0.483 e. The normalized spacial score (nSPS) is 19.9. The van der Waals surface area contributed by atoms with Crippen molar-refractivity contribution in [3.8, 4) is 0 Å². The van der Waals surface area contributed by atoms with Crippen molar-refractivity contribution >= 4 is 5.90 Å². The summed E-state index contributed by atoms with van der Waals surface area (Å²) in [5, 5.41) is 0. The molecule has 1 aliphatic rings. The second-order valence-corrected chi connectivity index (χ2v) is 1.53. The highest BCUT2D eigenvalue weighted by Gasteiger charge is 2.02. The van der Waals surface area contributed by atoms with Crippen LogP contribution in [0.2, 0.25) is 0 Å². The van der Waals surface area contributed by atoms with Crippen molar-refractivity contribution in [2.75, 3.05) is 26.9 Å². The van der Waals surface area contributed by atoms with Crippen molar-refractivity contribution < 1.29 is 9.47 Å². The van der Waals surface area contributed by atoms with E-state index >= 15 is 0 Å². The zero-order valence-corrected chi connectivity index (χ0v) is 4.89. The van der Waals surface area contributed by atoms with Crippen molar-refractivity contribution in [2.45, 2.75) is 0 Å². The summed E-state index contributed by atoms with van der Waals surface area (Å²) in [4.78, 5) is 4.02. The van der Waals surface area contributed by atoms with Gasteiger partial charge in [-0.05, 0) is 0 Å². The van der Waals surface area contributed by atoms with E-state index in [2.05, 4.69) is 4.99 Å². The number of rotatable bonds is 0. The number of ether oxygens (including phenoxy) is 2. The van der Waals surface area contributed by atoms with E-state index in [0.717, 1.165) is 13.2 Å². The molecule has 3 nitrogen and oxygen atoms in total. The fourth-order valence-corrected chi connectivity index (χ4v) is 0.563. The van der Waals surface area contributed by atoms with Crippen LogP contribution in [0.3, 0.4) is 0 Å². The zero-order chi connectivity index (χ0) is 5.82. The van der Waals surface area contributed by atoms with Crippen molar-refractivity contribution in [2.24, 2.45) is 4.99 Å². The van der Waals surface area contributed by atoms with Crippen LogP contribution in [-0.4, -0.2) is 32.8 Å². The van der Waals surface area contributed by atoms with Gasteiger partial charge in [0.25, 0.3) is 0 Å². The maximum Gasteiger partial charge on any atom is 0.209 e. The van der Waals surface area contributed by atoms with Crippen LogP contribution in [0.15, 0.2) is 4.99 Å². The van der Waals surface area contributed by atoms with Gasteiger partial charge in [-0.2, -0.15) is 0 Å². The summed E-state index contributed by atoms with van der Waals surface area (Å²) in [5.41, 5.74) is 0. The lowest BCUT2D eigenvalue weighted by atomic mass is 10.6. The van der Waals surface area contributed by atoms with Gasteiger partial charge >= 0.3 is 0 Å². The summed E-state index contributed by atoms with van der Waals surface area (Å²) in [6.45, 7) is 2.01. The van der Waals surface area contributed by atoms with E-state index in [1.165, 1.54) is 0 Å². The Bertz CT molecular complexity index is 101. The molecule has 0 amide bonds. The second kappa shape index (κ2) is 2.67. The summed E-state index contributed by atoms with van der Waals surface area (Å²) >= 11 is 0. The van der Waals surface area contributed by atoms with E-state index in [4.69, 9.17) is 9.47 Å². The van der Waals surface area contributed by atoms with Gasteiger partial charge < -0.3 is 9.47 Å². The summed E-state index contributed by atoms with van der Waals surface area (Å²) in [7, 11) is 1.60. The molecule has 1 heterocycles. The van der Waals surface area contributed by atoms with Crippen LogP contribution in [-0.2, 0) is 9.47 Å². The zero-order valence-electron chi connectivity index (χ0n) is 4.89. The maximum absolute atomic E-state index is 5.02. The number of methoxy groups -OCH3 is 1. The first kappa shape index (κ1) is 5.56. The molecular weight excluding hydrogens is 106 g/mol. The molecule has 3 heteroatoms. The number of nitrogens with zero attached hydrogens (tertiary/aromatic N) is 1. The van der Waals surface area contributed by atoms with Crippen LogP contribution >= 0.6 is 0 Å². The van der Waals surface area contributed by atoms with E-state index < -0.39 is 0 Å². The van der Waals surface area contributed by atoms with Gasteiger partial charge in [0.15, 0.2) is 0 Å². The Morgan fingerprint density at radius 1 is 1.75 bits per heavy atom. The maximum atomic E-state index is 5.02. The molecule has 0 atom stereocenters. The van der Waals surface area contributed by atoms with Gasteiger partial charge in [-0.1, -0.05) is 0 Å². The molecule has 1 rings (SSSR count). The SMILES string of the molecule is COC1=NCCOC1. The quantitative estimate of drug-likeness (QED) is 0.447. The highest BCUT2D eigenvalue weighted by molar-refractivity contribution is 5.77. The molecule has 0 aliphatic carbocycles. The first-order valence-corrected chi connectivity index (χ1v) is 2.58. The fraction of sp³-hybridized carbons (Fsp3) is 0.800. The molecule has 0 bridgehead atoms. The number of hydrogen-bond donors (Lipinski definition) is 0. The third kappa shape index (κ3) is 1.20. The van der Waals surface area contributed by atoms with Gasteiger partial charge in [0.05, 0.1) is 20.3 Å². The Morgan fingerprint density at radius 2 is 2.62 bits per heavy atom. The van der Waals surface area contributed by atoms with E-state index in [9.17, 15) is 0 Å². The fourth-order valence-electron chi connectivity index (χ4n) is 0.563. The Balaban J connectivity index is 2.37. The molecule has 8 heavy (non-hydrogen) atoms. The van der Waals surface area contributed by atoms with Crippen LogP contribution < -0.4 is 0 Å². The molecule has 0 saturated carbocycles. The van der Waals surface area contributed by atoms with Crippen LogP contribution in [0.1, 0.15) is 0 Å². The van der Waals surface area contributed by atoms with E-state index in [-0.39, 0.29) is 0 Å². The smallest absolute Gasteiger partial charge is 0.209 e. The number of hydrogen-bond acceptors (Lipinski definition) is 3. The van der Waals surface area contributed by atoms with Gasteiger partial charge in [0, 0.05) is 0 Å². The van der Waals surface area contributed by atoms with Gasteiger partial charge in [-0.25, -0.2) is 0 Å². The van der Waals surface area contributed by atoms with Crippen molar-refractivity contribution in [3.63, 3.8) is 0 Å². The first-order chi connectivity index (χ1) is 3.93. The minimum Gasteiger partial charge on any atom is -0.483 e. The lowest BCUT2D eigenvalue weighted by Crippen LogP contribution is -2.18. The molecule has 0 radical (unpaired) electrons. The molecule has 0 aromatic rings. The third-order valence-corrected chi connectivity index (χ3v) is 0.985. The molecule has 0 aromatic carbocycles. The molecule has 0 saturated heterocycles. The molecule has 0 N–H and O–H groups in total. The average Bonchev–Trinajstić information content (AvgIpc) is 1.90. The van der Waals surface area contributed by atoms with Gasteiger partial charge in [0.1, 0.15) is 6.61 Å². The molecule has 1 aliphatic heterocycles. The van der Waals surface area contributed by atoms with Crippen LogP contribution in [0.25, 0.3) is 0 Å². The minimum atomic E-state index is 0.538. The lowest BCUT2D eigenvalue weighted by Gasteiger charge is -2.09. The summed E-state index contributed by atoms with van der Waals surface area (Å²) in [6.07, 6.45) is 0. The predicted octanol–water partition coefficient (Wildman–Crippen LogP) is 0.0615. The van der Waals surface area contributed by atoms with Crippen molar-refractivity contribution in [1.82, 2.24) is 0 Å². The molecular formula is C5H9NO2. The highest BCUT2D eigenvalue weighted by Crippen LogP contribution is 1.90. The molecule has 0 unspecified atom stereocenters. The van der Waals surface area contributed by atoms with Gasteiger partial charge in [-0.3, -0.25) is 4.99 Å². The van der Waals surface area contributed by atoms with Gasteiger partial charge in [-0.15, -0.1) is 0 Å². The Kier molecular flexibility index (Phi) is 1.86.